The minimum Gasteiger partial charge on any atom is -0.357 e. The van der Waals surface area contributed by atoms with Crippen molar-refractivity contribution in [1.29, 1.82) is 0 Å². The second-order valence-corrected chi connectivity index (χ2v) is 5.08. The number of rotatable bonds is 3. The Bertz CT molecular complexity index is 881. The van der Waals surface area contributed by atoms with Crippen molar-refractivity contribution in [1.82, 2.24) is 9.97 Å². The molecular formula is C16H11N3O3. The maximum atomic E-state index is 11.1. The van der Waals surface area contributed by atoms with Gasteiger partial charge in [-0.2, -0.15) is 0 Å². The molecule has 6 nitrogen and oxygen atoms in total. The van der Waals surface area contributed by atoms with Crippen LogP contribution in [0.2, 0.25) is 0 Å². The molecule has 0 spiro atoms. The number of hydrogen-bond acceptors (Lipinski definition) is 5. The third-order valence-electron chi connectivity index (χ3n) is 3.69. The van der Waals surface area contributed by atoms with Gasteiger partial charge in [-0.05, 0) is 18.2 Å². The third-order valence-corrected chi connectivity index (χ3v) is 3.69. The summed E-state index contributed by atoms with van der Waals surface area (Å²) in [5.41, 5.74) is 2.95. The van der Waals surface area contributed by atoms with Gasteiger partial charge < -0.3 is 4.74 Å². The van der Waals surface area contributed by atoms with E-state index in [1.54, 1.807) is 24.4 Å². The fourth-order valence-corrected chi connectivity index (χ4v) is 2.58. The van der Waals surface area contributed by atoms with E-state index in [1.165, 1.54) is 6.07 Å². The SMILES string of the molecule is O=[N+]([O-])c1ccccc1[C@H]1O[C@@H]1c1cnc2ccccc2n1. The van der Waals surface area contributed by atoms with E-state index in [4.69, 9.17) is 4.74 Å². The molecule has 4 rings (SSSR count). The van der Waals surface area contributed by atoms with Crippen LogP contribution in [0.5, 0.6) is 0 Å². The number of nitrogens with zero attached hydrogens (tertiary/aromatic N) is 3. The van der Waals surface area contributed by atoms with Gasteiger partial charge >= 0.3 is 0 Å². The first-order chi connectivity index (χ1) is 10.7. The van der Waals surface area contributed by atoms with Crippen molar-refractivity contribution >= 4 is 16.7 Å². The summed E-state index contributed by atoms with van der Waals surface area (Å²) in [7, 11) is 0. The van der Waals surface area contributed by atoms with Gasteiger partial charge in [-0.15, -0.1) is 0 Å². The Kier molecular flexibility index (Phi) is 2.83. The number of aromatic nitrogens is 2. The molecule has 1 aliphatic rings. The summed E-state index contributed by atoms with van der Waals surface area (Å²) < 4.78 is 5.62. The van der Waals surface area contributed by atoms with E-state index < -0.39 is 0 Å². The quantitative estimate of drug-likeness (QED) is 0.420. The number of nitro benzene ring substituents is 1. The molecule has 0 N–H and O–H groups in total. The lowest BCUT2D eigenvalue weighted by molar-refractivity contribution is -0.385. The van der Waals surface area contributed by atoms with E-state index in [9.17, 15) is 10.1 Å². The topological polar surface area (TPSA) is 81.5 Å². The smallest absolute Gasteiger partial charge is 0.275 e. The maximum Gasteiger partial charge on any atom is 0.275 e. The summed E-state index contributed by atoms with van der Waals surface area (Å²) in [6, 6.07) is 14.2. The van der Waals surface area contributed by atoms with Gasteiger partial charge in [0.05, 0.1) is 33.4 Å². The minimum absolute atomic E-state index is 0.0729. The van der Waals surface area contributed by atoms with Crippen LogP contribution in [-0.2, 0) is 4.74 Å². The van der Waals surface area contributed by atoms with E-state index in [2.05, 4.69) is 9.97 Å². The van der Waals surface area contributed by atoms with Crippen molar-refractivity contribution in [2.24, 2.45) is 0 Å². The van der Waals surface area contributed by atoms with Crippen LogP contribution in [-0.4, -0.2) is 14.9 Å². The molecule has 2 aromatic carbocycles. The van der Waals surface area contributed by atoms with Crippen LogP contribution < -0.4 is 0 Å². The molecule has 0 saturated carbocycles. The Balaban J connectivity index is 1.67. The lowest BCUT2D eigenvalue weighted by Crippen LogP contribution is -1.96. The van der Waals surface area contributed by atoms with Crippen LogP contribution >= 0.6 is 0 Å². The minimum atomic E-state index is -0.389. The summed E-state index contributed by atoms with van der Waals surface area (Å²) in [4.78, 5) is 19.6. The summed E-state index contributed by atoms with van der Waals surface area (Å²) >= 11 is 0. The van der Waals surface area contributed by atoms with Gasteiger partial charge in [0.2, 0.25) is 0 Å². The Morgan fingerprint density at radius 1 is 1.00 bits per heavy atom. The second kappa shape index (κ2) is 4.85. The molecule has 3 aromatic rings. The average molecular weight is 293 g/mol. The molecule has 22 heavy (non-hydrogen) atoms. The zero-order valence-electron chi connectivity index (χ0n) is 11.4. The van der Waals surface area contributed by atoms with Crippen molar-refractivity contribution < 1.29 is 9.66 Å². The van der Waals surface area contributed by atoms with Crippen LogP contribution in [0.4, 0.5) is 5.69 Å². The maximum absolute atomic E-state index is 11.1. The summed E-state index contributed by atoms with van der Waals surface area (Å²) in [6.07, 6.45) is 1.05. The van der Waals surface area contributed by atoms with Crippen molar-refractivity contribution in [2.45, 2.75) is 12.2 Å². The van der Waals surface area contributed by atoms with Crippen LogP contribution in [0, 0.1) is 10.1 Å². The Morgan fingerprint density at radius 2 is 1.73 bits per heavy atom. The number of ether oxygens (including phenoxy) is 1. The number of hydrogen-bond donors (Lipinski definition) is 0. The highest BCUT2D eigenvalue weighted by Gasteiger charge is 2.46. The van der Waals surface area contributed by atoms with Crippen LogP contribution in [0.1, 0.15) is 23.5 Å². The first-order valence-electron chi connectivity index (χ1n) is 6.84. The molecule has 0 unspecified atom stereocenters. The third kappa shape index (κ3) is 2.10. The van der Waals surface area contributed by atoms with Gasteiger partial charge in [-0.25, -0.2) is 4.98 Å². The van der Waals surface area contributed by atoms with E-state index >= 15 is 0 Å². The predicted octanol–water partition coefficient (Wildman–Crippen LogP) is 3.35. The summed E-state index contributed by atoms with van der Waals surface area (Å²) in [5.74, 6) is 0. The molecular weight excluding hydrogens is 282 g/mol. The molecule has 1 fully saturated rings. The second-order valence-electron chi connectivity index (χ2n) is 5.08. The van der Waals surface area contributed by atoms with Crippen molar-refractivity contribution in [2.75, 3.05) is 0 Å². The van der Waals surface area contributed by atoms with E-state index in [0.29, 0.717) is 11.3 Å². The first-order valence-corrected chi connectivity index (χ1v) is 6.84. The molecule has 1 aliphatic heterocycles. The fraction of sp³-hybridized carbons (Fsp3) is 0.125. The van der Waals surface area contributed by atoms with Gasteiger partial charge in [0.25, 0.3) is 5.69 Å². The van der Waals surface area contributed by atoms with Crippen LogP contribution in [0.25, 0.3) is 11.0 Å². The standard InChI is InChI=1S/C16H11N3O3/c20-19(21)14-8-4-1-5-10(14)15-16(22-15)13-9-17-11-6-2-3-7-12(11)18-13/h1-9,15-16H/t15-,16-/m1/s1. The summed E-state index contributed by atoms with van der Waals surface area (Å²) in [6.45, 7) is 0. The largest absolute Gasteiger partial charge is 0.357 e. The van der Waals surface area contributed by atoms with Crippen molar-refractivity contribution in [3.8, 4) is 0 Å². The molecule has 0 bridgehead atoms. The molecule has 0 aliphatic carbocycles. The van der Waals surface area contributed by atoms with E-state index in [-0.39, 0.29) is 22.8 Å². The van der Waals surface area contributed by atoms with Crippen LogP contribution in [0.3, 0.4) is 0 Å². The molecule has 1 saturated heterocycles. The number of para-hydroxylation sites is 3. The number of nitro groups is 1. The Labute approximate surface area is 125 Å². The first kappa shape index (κ1) is 12.8. The molecule has 2 heterocycles. The van der Waals surface area contributed by atoms with Gasteiger partial charge in [-0.1, -0.05) is 24.3 Å². The highest BCUT2D eigenvalue weighted by atomic mass is 16.6. The Morgan fingerprint density at radius 3 is 2.55 bits per heavy atom. The van der Waals surface area contributed by atoms with Gasteiger partial charge in [0, 0.05) is 6.07 Å². The predicted molar refractivity (Wildman–Crippen MR) is 79.2 cm³/mol. The van der Waals surface area contributed by atoms with E-state index in [0.717, 1.165) is 11.0 Å². The zero-order chi connectivity index (χ0) is 15.1. The number of epoxide rings is 1. The fourth-order valence-electron chi connectivity index (χ4n) is 2.58. The lowest BCUT2D eigenvalue weighted by atomic mass is 10.1. The van der Waals surface area contributed by atoms with Gasteiger partial charge in [0.15, 0.2) is 0 Å². The molecule has 2 atom stereocenters. The summed E-state index contributed by atoms with van der Waals surface area (Å²) in [5, 5.41) is 11.1. The zero-order valence-corrected chi connectivity index (χ0v) is 11.4. The Hall–Kier alpha value is -2.86. The molecule has 1 aromatic heterocycles. The van der Waals surface area contributed by atoms with Crippen LogP contribution in [0.15, 0.2) is 54.7 Å². The average Bonchev–Trinajstić information content (AvgIpc) is 3.35. The molecule has 108 valence electrons. The number of benzene rings is 2. The van der Waals surface area contributed by atoms with E-state index in [1.807, 2.05) is 24.3 Å². The van der Waals surface area contributed by atoms with Crippen molar-refractivity contribution in [3.05, 3.63) is 76.1 Å². The normalized spacial score (nSPS) is 20.0. The highest BCUT2D eigenvalue weighted by Crippen LogP contribution is 2.52. The number of fused-ring (bicyclic) bond motifs is 1. The van der Waals surface area contributed by atoms with Gasteiger partial charge in [0.1, 0.15) is 12.2 Å². The molecule has 0 radical (unpaired) electrons. The molecule has 6 heteroatoms. The molecule has 0 amide bonds. The lowest BCUT2D eigenvalue weighted by Gasteiger charge is -2.00. The monoisotopic (exact) mass is 293 g/mol. The highest BCUT2D eigenvalue weighted by molar-refractivity contribution is 5.73. The van der Waals surface area contributed by atoms with Gasteiger partial charge in [-0.3, -0.25) is 15.1 Å². The van der Waals surface area contributed by atoms with Crippen molar-refractivity contribution in [3.63, 3.8) is 0 Å².